The number of nitrogens with zero attached hydrogens (tertiary/aromatic N) is 4. The molecule has 2 aromatic heterocycles. The van der Waals surface area contributed by atoms with Crippen LogP contribution in [-0.2, 0) is 7.05 Å². The molecule has 1 aliphatic heterocycles. The molecule has 0 spiro atoms. The molecule has 2 aromatic rings. The number of anilines is 2. The van der Waals surface area contributed by atoms with Crippen molar-refractivity contribution in [2.75, 3.05) is 23.3 Å². The van der Waals surface area contributed by atoms with Gasteiger partial charge in [0.25, 0.3) is 11.8 Å². The van der Waals surface area contributed by atoms with E-state index in [1.54, 1.807) is 25.2 Å². The van der Waals surface area contributed by atoms with Gasteiger partial charge in [0.05, 0.1) is 12.7 Å². The summed E-state index contributed by atoms with van der Waals surface area (Å²) in [6, 6.07) is 4.42. The number of pyridine rings is 1. The molecule has 0 aliphatic carbocycles. The molecule has 1 amide bonds. The standard InChI is InChI=1S/C16H20F2N6O/c1-23-15(24-7-5-11(19)8-16(17,18)10-24)13(9-21-23)22-14(25)12-4-2-3-6-20-12/h2-4,6,9,11H,5,7-8,10,19H2,1H3,(H,22,25)/t11-/m0/s1. The van der Waals surface area contributed by atoms with Gasteiger partial charge in [0.15, 0.2) is 5.82 Å². The first-order chi connectivity index (χ1) is 11.9. The topological polar surface area (TPSA) is 89.1 Å². The Kier molecular flexibility index (Phi) is 4.67. The summed E-state index contributed by atoms with van der Waals surface area (Å²) in [5.41, 5.74) is 6.35. The van der Waals surface area contributed by atoms with Gasteiger partial charge in [-0.2, -0.15) is 5.10 Å². The van der Waals surface area contributed by atoms with Crippen LogP contribution in [0.3, 0.4) is 0 Å². The van der Waals surface area contributed by atoms with E-state index in [4.69, 9.17) is 5.73 Å². The van der Waals surface area contributed by atoms with Gasteiger partial charge in [-0.05, 0) is 18.6 Å². The van der Waals surface area contributed by atoms with Crippen LogP contribution in [0.4, 0.5) is 20.3 Å². The highest BCUT2D eigenvalue weighted by atomic mass is 19.3. The number of alkyl halides is 2. The lowest BCUT2D eigenvalue weighted by atomic mass is 10.1. The zero-order chi connectivity index (χ0) is 18.0. The van der Waals surface area contributed by atoms with Gasteiger partial charge < -0.3 is 16.0 Å². The third-order valence-electron chi connectivity index (χ3n) is 4.11. The minimum atomic E-state index is -2.90. The SMILES string of the molecule is Cn1ncc(NC(=O)c2ccccn2)c1N1CC[C@H](N)CC(F)(F)C1. The summed E-state index contributed by atoms with van der Waals surface area (Å²) in [5.74, 6) is -2.89. The van der Waals surface area contributed by atoms with Crippen LogP contribution in [0.2, 0.25) is 0 Å². The fourth-order valence-corrected chi connectivity index (χ4v) is 2.99. The van der Waals surface area contributed by atoms with Crippen LogP contribution >= 0.6 is 0 Å². The summed E-state index contributed by atoms with van der Waals surface area (Å²) in [4.78, 5) is 17.8. The molecule has 0 saturated carbocycles. The highest BCUT2D eigenvalue weighted by molar-refractivity contribution is 6.04. The Hall–Kier alpha value is -2.55. The Morgan fingerprint density at radius 1 is 1.44 bits per heavy atom. The van der Waals surface area contributed by atoms with Crippen LogP contribution < -0.4 is 16.0 Å². The lowest BCUT2D eigenvalue weighted by molar-refractivity contribution is -0.000525. The molecule has 0 radical (unpaired) electrons. The Labute approximate surface area is 143 Å². The van der Waals surface area contributed by atoms with Gasteiger partial charge in [0, 0.05) is 32.3 Å². The number of aryl methyl sites for hydroxylation is 1. The molecular weight excluding hydrogens is 330 g/mol. The molecule has 1 aliphatic rings. The Morgan fingerprint density at radius 3 is 2.96 bits per heavy atom. The summed E-state index contributed by atoms with van der Waals surface area (Å²) in [7, 11) is 1.65. The van der Waals surface area contributed by atoms with E-state index in [1.165, 1.54) is 22.0 Å². The van der Waals surface area contributed by atoms with Crippen LogP contribution in [0.1, 0.15) is 23.3 Å². The quantitative estimate of drug-likeness (QED) is 0.878. The monoisotopic (exact) mass is 350 g/mol. The minimum absolute atomic E-state index is 0.237. The Bertz CT molecular complexity index is 748. The molecule has 0 unspecified atom stereocenters. The normalized spacial score (nSPS) is 20.2. The number of rotatable bonds is 3. The number of amides is 1. The highest BCUT2D eigenvalue weighted by Gasteiger charge is 2.38. The summed E-state index contributed by atoms with van der Waals surface area (Å²) in [6.07, 6.45) is 3.04. The van der Waals surface area contributed by atoms with Crippen molar-refractivity contribution >= 4 is 17.4 Å². The van der Waals surface area contributed by atoms with Crippen molar-refractivity contribution in [3.8, 4) is 0 Å². The first-order valence-electron chi connectivity index (χ1n) is 7.98. The Morgan fingerprint density at radius 2 is 2.24 bits per heavy atom. The molecule has 25 heavy (non-hydrogen) atoms. The van der Waals surface area contributed by atoms with Crippen molar-refractivity contribution in [2.24, 2.45) is 12.8 Å². The van der Waals surface area contributed by atoms with E-state index >= 15 is 0 Å². The molecule has 0 bridgehead atoms. The maximum absolute atomic E-state index is 14.1. The fourth-order valence-electron chi connectivity index (χ4n) is 2.99. The van der Waals surface area contributed by atoms with Crippen LogP contribution in [0, 0.1) is 0 Å². The molecule has 3 heterocycles. The van der Waals surface area contributed by atoms with Crippen molar-refractivity contribution in [2.45, 2.75) is 24.8 Å². The Balaban J connectivity index is 1.85. The molecule has 1 atom stereocenters. The molecular formula is C16H20F2N6O. The largest absolute Gasteiger partial charge is 0.349 e. The summed E-state index contributed by atoms with van der Waals surface area (Å²) in [5, 5.41) is 6.80. The first kappa shape index (κ1) is 17.3. The molecule has 0 aromatic carbocycles. The zero-order valence-corrected chi connectivity index (χ0v) is 13.8. The predicted molar refractivity (Wildman–Crippen MR) is 89.8 cm³/mol. The average molecular weight is 350 g/mol. The maximum atomic E-state index is 14.1. The van der Waals surface area contributed by atoms with Crippen LogP contribution in [-0.4, -0.2) is 45.7 Å². The van der Waals surface area contributed by atoms with Gasteiger partial charge >= 0.3 is 0 Å². The second-order valence-corrected chi connectivity index (χ2v) is 6.20. The molecule has 3 rings (SSSR count). The van der Waals surface area contributed by atoms with E-state index in [1.807, 2.05) is 0 Å². The lowest BCUT2D eigenvalue weighted by Gasteiger charge is -2.26. The number of aromatic nitrogens is 3. The van der Waals surface area contributed by atoms with Crippen molar-refractivity contribution in [1.29, 1.82) is 0 Å². The second kappa shape index (κ2) is 6.75. The van der Waals surface area contributed by atoms with Crippen molar-refractivity contribution in [1.82, 2.24) is 14.8 Å². The molecule has 134 valence electrons. The third kappa shape index (κ3) is 3.93. The van der Waals surface area contributed by atoms with Gasteiger partial charge in [0.1, 0.15) is 11.4 Å². The van der Waals surface area contributed by atoms with Crippen molar-refractivity contribution < 1.29 is 13.6 Å². The number of halogens is 2. The van der Waals surface area contributed by atoms with Crippen LogP contribution in [0.15, 0.2) is 30.6 Å². The van der Waals surface area contributed by atoms with Crippen LogP contribution in [0.25, 0.3) is 0 Å². The summed E-state index contributed by atoms with van der Waals surface area (Å²) < 4.78 is 29.7. The summed E-state index contributed by atoms with van der Waals surface area (Å²) >= 11 is 0. The molecule has 7 nitrogen and oxygen atoms in total. The molecule has 3 N–H and O–H groups in total. The first-order valence-corrected chi connectivity index (χ1v) is 7.98. The highest BCUT2D eigenvalue weighted by Crippen LogP contribution is 2.32. The number of hydrogen-bond donors (Lipinski definition) is 2. The fraction of sp³-hybridized carbons (Fsp3) is 0.438. The number of hydrogen-bond acceptors (Lipinski definition) is 5. The molecule has 1 saturated heterocycles. The lowest BCUT2D eigenvalue weighted by Crippen LogP contribution is -2.37. The van der Waals surface area contributed by atoms with Gasteiger partial charge in [0.2, 0.25) is 0 Å². The van der Waals surface area contributed by atoms with Gasteiger partial charge in [-0.1, -0.05) is 6.07 Å². The number of carbonyl (C=O) groups is 1. The second-order valence-electron chi connectivity index (χ2n) is 6.20. The van der Waals surface area contributed by atoms with Crippen molar-refractivity contribution in [3.05, 3.63) is 36.3 Å². The van der Waals surface area contributed by atoms with Crippen molar-refractivity contribution in [3.63, 3.8) is 0 Å². The predicted octanol–water partition coefficient (Wildman–Crippen LogP) is 1.63. The van der Waals surface area contributed by atoms with E-state index in [9.17, 15) is 13.6 Å². The van der Waals surface area contributed by atoms with Gasteiger partial charge in [-0.25, -0.2) is 8.78 Å². The summed E-state index contributed by atoms with van der Waals surface area (Å²) in [6.45, 7) is -0.102. The number of nitrogens with two attached hydrogens (primary N) is 1. The minimum Gasteiger partial charge on any atom is -0.349 e. The van der Waals surface area contributed by atoms with Gasteiger partial charge in [-0.15, -0.1) is 0 Å². The van der Waals surface area contributed by atoms with E-state index in [-0.39, 0.29) is 12.1 Å². The van der Waals surface area contributed by atoms with E-state index in [0.717, 1.165) is 0 Å². The number of carbonyl (C=O) groups excluding carboxylic acids is 1. The maximum Gasteiger partial charge on any atom is 0.274 e. The third-order valence-corrected chi connectivity index (χ3v) is 4.11. The van der Waals surface area contributed by atoms with E-state index < -0.39 is 24.4 Å². The molecule has 1 fully saturated rings. The average Bonchev–Trinajstić information content (AvgIpc) is 2.85. The van der Waals surface area contributed by atoms with E-state index in [0.29, 0.717) is 24.5 Å². The van der Waals surface area contributed by atoms with E-state index in [2.05, 4.69) is 15.4 Å². The van der Waals surface area contributed by atoms with Gasteiger partial charge in [-0.3, -0.25) is 14.5 Å². The smallest absolute Gasteiger partial charge is 0.274 e. The van der Waals surface area contributed by atoms with Crippen LogP contribution in [0.5, 0.6) is 0 Å². The molecule has 9 heteroatoms. The zero-order valence-electron chi connectivity index (χ0n) is 13.8. The number of nitrogens with one attached hydrogen (secondary N) is 1.